The third kappa shape index (κ3) is 8.97. The van der Waals surface area contributed by atoms with Gasteiger partial charge in [0.15, 0.2) is 0 Å². The number of carbonyl (C=O) groups is 4. The number of carboxylic acid groups (broad SMARTS) is 1. The molecule has 4 amide bonds. The van der Waals surface area contributed by atoms with E-state index in [4.69, 9.17) is 0 Å². The molecule has 0 saturated carbocycles. The lowest BCUT2D eigenvalue weighted by molar-refractivity contribution is -0.140. The summed E-state index contributed by atoms with van der Waals surface area (Å²) in [5.74, 6) is -2.08. The van der Waals surface area contributed by atoms with E-state index in [1.165, 1.54) is 4.90 Å². The van der Waals surface area contributed by atoms with Gasteiger partial charge in [0.25, 0.3) is 5.91 Å². The van der Waals surface area contributed by atoms with Crippen LogP contribution in [0.3, 0.4) is 0 Å². The van der Waals surface area contributed by atoms with Crippen molar-refractivity contribution in [1.29, 1.82) is 0 Å². The molecule has 0 radical (unpaired) electrons. The minimum atomic E-state index is -1.19. The quantitative estimate of drug-likeness (QED) is 0.133. The van der Waals surface area contributed by atoms with E-state index in [1.807, 2.05) is 105 Å². The van der Waals surface area contributed by atoms with Crippen molar-refractivity contribution in [2.45, 2.75) is 90.9 Å². The van der Waals surface area contributed by atoms with Crippen molar-refractivity contribution in [1.82, 2.24) is 15.1 Å². The molecule has 2 N–H and O–H groups in total. The molecule has 1 heterocycles. The number of carboxylic acids is 1. The fourth-order valence-corrected chi connectivity index (χ4v) is 5.85. The summed E-state index contributed by atoms with van der Waals surface area (Å²) in [6, 6.07) is 23.0. The SMILES string of the molecule is CCCCc1ccc(C(CC(=O)O)NC(=O)C(CC(C)C)N2C(=O)N(Cc3ccc(/C=C/c4ccccc4)cc3)C(C)(C)C2=O)cc1. The lowest BCUT2D eigenvalue weighted by atomic mass is 9.97. The summed E-state index contributed by atoms with van der Waals surface area (Å²) in [7, 11) is 0. The first kappa shape index (κ1) is 35.1. The summed E-state index contributed by atoms with van der Waals surface area (Å²) in [4.78, 5) is 56.2. The number of benzene rings is 3. The molecule has 1 saturated heterocycles. The number of unbranched alkanes of at least 4 members (excludes halogenated alkanes) is 1. The molecule has 1 aliphatic rings. The second-order valence-corrected chi connectivity index (χ2v) is 13.2. The number of nitrogens with zero attached hydrogens (tertiary/aromatic N) is 2. The van der Waals surface area contributed by atoms with Gasteiger partial charge in [0, 0.05) is 6.54 Å². The Morgan fingerprint density at radius 3 is 2.04 bits per heavy atom. The molecule has 3 aromatic carbocycles. The van der Waals surface area contributed by atoms with Crippen LogP contribution in [0.15, 0.2) is 78.9 Å². The van der Waals surface area contributed by atoms with Crippen LogP contribution in [0.1, 0.15) is 94.2 Å². The van der Waals surface area contributed by atoms with Gasteiger partial charge in [-0.1, -0.05) is 118 Å². The van der Waals surface area contributed by atoms with Gasteiger partial charge in [0.05, 0.1) is 12.5 Å². The second kappa shape index (κ2) is 15.7. The lowest BCUT2D eigenvalue weighted by Gasteiger charge is -2.29. The average molecular weight is 638 g/mol. The molecular weight excluding hydrogens is 590 g/mol. The third-order valence-electron chi connectivity index (χ3n) is 8.65. The molecule has 248 valence electrons. The Morgan fingerprint density at radius 2 is 1.47 bits per heavy atom. The van der Waals surface area contributed by atoms with Gasteiger partial charge in [-0.3, -0.25) is 14.4 Å². The molecule has 2 atom stereocenters. The van der Waals surface area contributed by atoms with Crippen LogP contribution in [-0.2, 0) is 27.3 Å². The molecule has 2 unspecified atom stereocenters. The number of imide groups is 1. The first-order valence-electron chi connectivity index (χ1n) is 16.5. The second-order valence-electron chi connectivity index (χ2n) is 13.2. The number of nitrogens with one attached hydrogen (secondary N) is 1. The number of carbonyl (C=O) groups excluding carboxylic acids is 3. The number of hydrogen-bond donors (Lipinski definition) is 2. The predicted molar refractivity (Wildman–Crippen MR) is 185 cm³/mol. The van der Waals surface area contributed by atoms with Crippen molar-refractivity contribution < 1.29 is 24.3 Å². The summed E-state index contributed by atoms with van der Waals surface area (Å²) < 4.78 is 0. The van der Waals surface area contributed by atoms with E-state index < -0.39 is 41.4 Å². The highest BCUT2D eigenvalue weighted by Crippen LogP contribution is 2.33. The van der Waals surface area contributed by atoms with Crippen molar-refractivity contribution >= 4 is 36.0 Å². The monoisotopic (exact) mass is 637 g/mol. The van der Waals surface area contributed by atoms with Gasteiger partial charge in [-0.05, 0) is 66.8 Å². The maximum absolute atomic E-state index is 14.0. The van der Waals surface area contributed by atoms with Gasteiger partial charge in [0.2, 0.25) is 5.91 Å². The summed E-state index contributed by atoms with van der Waals surface area (Å²) in [5, 5.41) is 12.6. The number of aliphatic carboxylic acids is 1. The molecule has 47 heavy (non-hydrogen) atoms. The smallest absolute Gasteiger partial charge is 0.328 e. The molecule has 4 rings (SSSR count). The molecule has 1 fully saturated rings. The van der Waals surface area contributed by atoms with Gasteiger partial charge < -0.3 is 15.3 Å². The Kier molecular flexibility index (Phi) is 11.8. The fourth-order valence-electron chi connectivity index (χ4n) is 5.85. The van der Waals surface area contributed by atoms with Crippen LogP contribution in [0.25, 0.3) is 12.2 Å². The van der Waals surface area contributed by atoms with Gasteiger partial charge in [-0.2, -0.15) is 0 Å². The molecule has 0 spiro atoms. The normalized spacial score (nSPS) is 15.8. The van der Waals surface area contributed by atoms with E-state index in [-0.39, 0.29) is 25.3 Å². The lowest BCUT2D eigenvalue weighted by Crippen LogP contribution is -2.52. The zero-order valence-corrected chi connectivity index (χ0v) is 28.1. The molecule has 8 nitrogen and oxygen atoms in total. The van der Waals surface area contributed by atoms with E-state index in [0.29, 0.717) is 5.56 Å². The van der Waals surface area contributed by atoms with Crippen molar-refractivity contribution in [3.8, 4) is 0 Å². The van der Waals surface area contributed by atoms with Gasteiger partial charge in [-0.15, -0.1) is 0 Å². The van der Waals surface area contributed by atoms with Crippen LogP contribution >= 0.6 is 0 Å². The topological polar surface area (TPSA) is 107 Å². The number of aryl methyl sites for hydroxylation is 1. The van der Waals surface area contributed by atoms with Crippen LogP contribution < -0.4 is 5.32 Å². The number of amides is 4. The zero-order valence-electron chi connectivity index (χ0n) is 28.1. The van der Waals surface area contributed by atoms with Crippen LogP contribution in [0.5, 0.6) is 0 Å². The van der Waals surface area contributed by atoms with Gasteiger partial charge in [-0.25, -0.2) is 9.69 Å². The Balaban J connectivity index is 1.53. The maximum Gasteiger partial charge on any atom is 0.328 e. The van der Waals surface area contributed by atoms with Crippen molar-refractivity contribution in [2.75, 3.05) is 0 Å². The van der Waals surface area contributed by atoms with Crippen LogP contribution in [0.4, 0.5) is 4.79 Å². The molecule has 8 heteroatoms. The standard InChI is InChI=1S/C39H47N3O5/c1-6-7-11-29-20-22-32(23-21-29)33(25-35(43)44)40-36(45)34(24-27(2)3)42-37(46)39(4,5)41(38(42)47)26-31-18-16-30(17-19-31)15-14-28-12-9-8-10-13-28/h8-10,12-23,27,33-34H,6-7,11,24-26H2,1-5H3,(H,40,45)(H,43,44)/b15-14+. The number of rotatable bonds is 15. The average Bonchev–Trinajstić information content (AvgIpc) is 3.21. The summed E-state index contributed by atoms with van der Waals surface area (Å²) in [6.45, 7) is 9.56. The van der Waals surface area contributed by atoms with Crippen molar-refractivity contribution in [3.63, 3.8) is 0 Å². The highest BCUT2D eigenvalue weighted by atomic mass is 16.4. The van der Waals surface area contributed by atoms with Crippen LogP contribution in [0, 0.1) is 5.92 Å². The molecular formula is C39H47N3O5. The predicted octanol–water partition coefficient (Wildman–Crippen LogP) is 7.49. The molecule has 0 bridgehead atoms. The first-order chi connectivity index (χ1) is 22.4. The highest BCUT2D eigenvalue weighted by molar-refractivity contribution is 6.09. The minimum absolute atomic E-state index is 0.0178. The Bertz CT molecular complexity index is 1560. The Labute approximate surface area is 278 Å². The molecule has 1 aliphatic heterocycles. The Morgan fingerprint density at radius 1 is 0.872 bits per heavy atom. The van der Waals surface area contributed by atoms with Crippen molar-refractivity contribution in [2.24, 2.45) is 5.92 Å². The molecule has 3 aromatic rings. The summed E-state index contributed by atoms with van der Waals surface area (Å²) in [6.07, 6.45) is 7.00. The fraction of sp³-hybridized carbons (Fsp3) is 0.385. The van der Waals surface area contributed by atoms with E-state index in [0.717, 1.165) is 46.4 Å². The van der Waals surface area contributed by atoms with E-state index in [2.05, 4.69) is 12.2 Å². The summed E-state index contributed by atoms with van der Waals surface area (Å²) in [5.41, 5.74) is 3.56. The Hall–Kier alpha value is -4.72. The summed E-state index contributed by atoms with van der Waals surface area (Å²) >= 11 is 0. The van der Waals surface area contributed by atoms with E-state index in [1.54, 1.807) is 13.8 Å². The molecule has 0 aliphatic carbocycles. The van der Waals surface area contributed by atoms with E-state index >= 15 is 0 Å². The first-order valence-corrected chi connectivity index (χ1v) is 16.5. The maximum atomic E-state index is 14.0. The van der Waals surface area contributed by atoms with Crippen LogP contribution in [0.2, 0.25) is 0 Å². The van der Waals surface area contributed by atoms with E-state index in [9.17, 15) is 24.3 Å². The van der Waals surface area contributed by atoms with Gasteiger partial charge in [0.1, 0.15) is 11.6 Å². The zero-order chi connectivity index (χ0) is 34.1. The largest absolute Gasteiger partial charge is 0.481 e. The van der Waals surface area contributed by atoms with Gasteiger partial charge >= 0.3 is 12.0 Å². The molecule has 0 aromatic heterocycles. The highest BCUT2D eigenvalue weighted by Gasteiger charge is 2.54. The number of hydrogen-bond acceptors (Lipinski definition) is 4. The van der Waals surface area contributed by atoms with Crippen LogP contribution in [-0.4, -0.2) is 50.3 Å². The number of urea groups is 1. The third-order valence-corrected chi connectivity index (χ3v) is 8.65. The van der Waals surface area contributed by atoms with Crippen molar-refractivity contribution in [3.05, 3.63) is 107 Å². The minimum Gasteiger partial charge on any atom is -0.481 e.